The van der Waals surface area contributed by atoms with Crippen LogP contribution in [0, 0.1) is 0 Å². The second-order valence-corrected chi connectivity index (χ2v) is 16.7. The van der Waals surface area contributed by atoms with Gasteiger partial charge in [0, 0.05) is 0 Å². The van der Waals surface area contributed by atoms with E-state index in [1.165, 1.54) is 116 Å². The minimum Gasteiger partial charge on any atom is -0.0911 e. The van der Waals surface area contributed by atoms with Gasteiger partial charge in [-0.25, -0.2) is 0 Å². The first-order chi connectivity index (χ1) is 31.5. The van der Waals surface area contributed by atoms with Gasteiger partial charge in [-0.05, 0) is 145 Å². The number of hydrogen-bond donors (Lipinski definition) is 0. The van der Waals surface area contributed by atoms with Gasteiger partial charge in [-0.1, -0.05) is 233 Å². The van der Waals surface area contributed by atoms with E-state index in [2.05, 4.69) is 245 Å². The molecule has 0 heteroatoms. The number of allylic oxidation sites excluding steroid dienone is 3. The summed E-state index contributed by atoms with van der Waals surface area (Å²) in [4.78, 5) is 0. The highest BCUT2D eigenvalue weighted by molar-refractivity contribution is 6.23. The summed E-state index contributed by atoms with van der Waals surface area (Å²) in [6.07, 6.45) is 9.96. The van der Waals surface area contributed by atoms with Crippen molar-refractivity contribution in [2.75, 3.05) is 0 Å². The Morgan fingerprint density at radius 1 is 0.391 bits per heavy atom. The molecule has 11 aromatic rings. The first-order valence-electron chi connectivity index (χ1n) is 22.6. The minimum atomic E-state index is 1.03. The van der Waals surface area contributed by atoms with E-state index in [1.54, 1.807) is 0 Å². The van der Waals surface area contributed by atoms with Crippen LogP contribution in [0.5, 0.6) is 0 Å². The van der Waals surface area contributed by atoms with E-state index in [0.717, 1.165) is 11.1 Å². The fourth-order valence-electron chi connectivity index (χ4n) is 9.61. The summed E-state index contributed by atoms with van der Waals surface area (Å²) in [5, 5.41) is 14.9. The molecule has 0 radical (unpaired) electrons. The summed E-state index contributed by atoms with van der Waals surface area (Å²) in [5.74, 6) is 0. The molecule has 0 aromatic heterocycles. The monoisotopic (exact) mass is 818 g/mol. The summed E-state index contributed by atoms with van der Waals surface area (Å²) in [6.45, 7) is 10.8. The van der Waals surface area contributed by atoms with Crippen LogP contribution in [0.3, 0.4) is 0 Å². The fraction of sp³-hybridized carbons (Fsp3) is 0.0625. The SMILES string of the molecule is C=C(/C=C\C)c1c2ccccc2c(/C=C/c2ccc(-c3ccc4c(-c5ccc6ccccc6c5)c5ccccc5c(-c5ccc6ccccc6c5)c4c3)cc2)c2ccccc12.CCC. The van der Waals surface area contributed by atoms with Gasteiger partial charge < -0.3 is 0 Å². The minimum absolute atomic E-state index is 1.03. The van der Waals surface area contributed by atoms with Crippen LogP contribution < -0.4 is 0 Å². The van der Waals surface area contributed by atoms with Gasteiger partial charge in [0.1, 0.15) is 0 Å². The second kappa shape index (κ2) is 17.5. The second-order valence-electron chi connectivity index (χ2n) is 16.7. The highest BCUT2D eigenvalue weighted by Gasteiger charge is 2.19. The number of fused-ring (bicyclic) bond motifs is 6. The molecule has 0 unspecified atom stereocenters. The normalized spacial score (nSPS) is 11.7. The Labute approximate surface area is 376 Å². The lowest BCUT2D eigenvalue weighted by molar-refractivity contribution is 1.09. The summed E-state index contributed by atoms with van der Waals surface area (Å²) < 4.78 is 0. The maximum atomic E-state index is 4.46. The standard InChI is InChI=1S/C61H42.C3H8/c1-3-14-40(2)59-53-21-10-8-19-50(53)52(51-20-9-11-22-54(51)59)35-27-41-25-28-44(29-26-41)47-34-36-57-58(39-47)61(49-33-31-43-16-5-7-18-46(43)38-49)56-24-13-12-23-55(56)60(57)48-32-30-42-15-4-6-17-45(42)37-48;1-3-2/h3-39H,2H2,1H3;3H2,1-2H3/b14-3-,35-27+;. The lowest BCUT2D eigenvalue weighted by Crippen LogP contribution is -1.92. The Morgan fingerprint density at radius 2 is 0.812 bits per heavy atom. The zero-order valence-corrected chi connectivity index (χ0v) is 36.8. The molecule has 64 heavy (non-hydrogen) atoms. The summed E-state index contributed by atoms with van der Waals surface area (Å²) >= 11 is 0. The fourth-order valence-corrected chi connectivity index (χ4v) is 9.61. The molecule has 0 bridgehead atoms. The van der Waals surface area contributed by atoms with Crippen LogP contribution >= 0.6 is 0 Å². The van der Waals surface area contributed by atoms with Crippen LogP contribution in [0.2, 0.25) is 0 Å². The topological polar surface area (TPSA) is 0 Å². The molecule has 306 valence electrons. The van der Waals surface area contributed by atoms with Crippen molar-refractivity contribution in [2.24, 2.45) is 0 Å². The molecule has 0 heterocycles. The first kappa shape index (κ1) is 40.3. The Balaban J connectivity index is 0.00000157. The van der Waals surface area contributed by atoms with E-state index in [4.69, 9.17) is 0 Å². The van der Waals surface area contributed by atoms with Gasteiger partial charge in [-0.3, -0.25) is 0 Å². The number of rotatable bonds is 7. The van der Waals surface area contributed by atoms with Gasteiger partial charge in [0.05, 0.1) is 0 Å². The molecule has 0 aliphatic rings. The Hall–Kier alpha value is -7.80. The maximum absolute atomic E-state index is 4.46. The summed E-state index contributed by atoms with van der Waals surface area (Å²) in [7, 11) is 0. The van der Waals surface area contributed by atoms with E-state index in [9.17, 15) is 0 Å². The van der Waals surface area contributed by atoms with Gasteiger partial charge in [0.2, 0.25) is 0 Å². The quantitative estimate of drug-likeness (QED) is 0.0854. The molecule has 0 atom stereocenters. The molecule has 0 saturated heterocycles. The van der Waals surface area contributed by atoms with Crippen molar-refractivity contribution < 1.29 is 0 Å². The predicted molar refractivity (Wildman–Crippen MR) is 283 cm³/mol. The van der Waals surface area contributed by atoms with Crippen molar-refractivity contribution in [3.05, 3.63) is 236 Å². The van der Waals surface area contributed by atoms with E-state index < -0.39 is 0 Å². The van der Waals surface area contributed by atoms with Crippen LogP contribution in [0.25, 0.3) is 116 Å². The van der Waals surface area contributed by atoms with Crippen LogP contribution in [-0.4, -0.2) is 0 Å². The lowest BCUT2D eigenvalue weighted by atomic mass is 9.84. The van der Waals surface area contributed by atoms with E-state index in [-0.39, 0.29) is 0 Å². The van der Waals surface area contributed by atoms with Crippen LogP contribution in [0.15, 0.2) is 219 Å². The average molecular weight is 819 g/mol. The third-order valence-electron chi connectivity index (χ3n) is 12.4. The van der Waals surface area contributed by atoms with E-state index in [1.807, 2.05) is 6.92 Å². The van der Waals surface area contributed by atoms with E-state index >= 15 is 0 Å². The molecular weight excluding hydrogens is 769 g/mol. The van der Waals surface area contributed by atoms with Crippen molar-refractivity contribution in [2.45, 2.75) is 27.2 Å². The summed E-state index contributed by atoms with van der Waals surface area (Å²) in [6, 6.07) is 73.6. The molecule has 0 aliphatic carbocycles. The molecule has 0 saturated carbocycles. The van der Waals surface area contributed by atoms with Crippen LogP contribution in [-0.2, 0) is 0 Å². The summed E-state index contributed by atoms with van der Waals surface area (Å²) in [5.41, 5.74) is 12.0. The van der Waals surface area contributed by atoms with Crippen molar-refractivity contribution >= 4 is 82.4 Å². The maximum Gasteiger partial charge on any atom is -0.00259 e. The lowest BCUT2D eigenvalue weighted by Gasteiger charge is -2.19. The van der Waals surface area contributed by atoms with Gasteiger partial charge in [-0.15, -0.1) is 0 Å². The smallest absolute Gasteiger partial charge is 0.00259 e. The Bertz CT molecular complexity index is 3560. The van der Waals surface area contributed by atoms with Gasteiger partial charge >= 0.3 is 0 Å². The molecule has 11 rings (SSSR count). The molecule has 0 N–H and O–H groups in total. The Morgan fingerprint density at radius 3 is 1.34 bits per heavy atom. The highest BCUT2D eigenvalue weighted by atomic mass is 14.2. The molecule has 0 aliphatic heterocycles. The van der Waals surface area contributed by atoms with Gasteiger partial charge in [0.25, 0.3) is 0 Å². The molecular formula is C64H50. The van der Waals surface area contributed by atoms with Crippen molar-refractivity contribution in [3.63, 3.8) is 0 Å². The molecule has 0 nitrogen and oxygen atoms in total. The van der Waals surface area contributed by atoms with Crippen LogP contribution in [0.4, 0.5) is 0 Å². The van der Waals surface area contributed by atoms with Crippen molar-refractivity contribution in [3.8, 4) is 33.4 Å². The predicted octanol–water partition coefficient (Wildman–Crippen LogP) is 18.8. The van der Waals surface area contributed by atoms with E-state index in [0.29, 0.717) is 0 Å². The zero-order valence-electron chi connectivity index (χ0n) is 36.8. The molecule has 0 spiro atoms. The Kier molecular flexibility index (Phi) is 11.0. The number of hydrogen-bond acceptors (Lipinski definition) is 0. The van der Waals surface area contributed by atoms with Gasteiger partial charge in [0.15, 0.2) is 0 Å². The highest BCUT2D eigenvalue weighted by Crippen LogP contribution is 2.46. The average Bonchev–Trinajstić information content (AvgIpc) is 3.34. The molecule has 0 amide bonds. The van der Waals surface area contributed by atoms with Crippen molar-refractivity contribution in [1.29, 1.82) is 0 Å². The third kappa shape index (κ3) is 7.38. The van der Waals surface area contributed by atoms with Crippen LogP contribution in [0.1, 0.15) is 43.9 Å². The molecule has 0 fully saturated rings. The third-order valence-corrected chi connectivity index (χ3v) is 12.4. The van der Waals surface area contributed by atoms with Crippen molar-refractivity contribution in [1.82, 2.24) is 0 Å². The number of benzene rings is 11. The largest absolute Gasteiger partial charge is 0.0911 e. The van der Waals surface area contributed by atoms with Gasteiger partial charge in [-0.2, -0.15) is 0 Å². The first-order valence-corrected chi connectivity index (χ1v) is 22.6. The zero-order chi connectivity index (χ0) is 43.6. The molecule has 11 aromatic carbocycles.